The minimum atomic E-state index is -0.0670. The molecule has 84 valence electrons. The average molecular weight is 217 g/mol. The molecule has 0 spiro atoms. The van der Waals surface area contributed by atoms with Gasteiger partial charge in [0.25, 0.3) is 5.78 Å². The van der Waals surface area contributed by atoms with Crippen LogP contribution in [-0.4, -0.2) is 25.6 Å². The van der Waals surface area contributed by atoms with Crippen molar-refractivity contribution in [3.05, 3.63) is 24.3 Å². The first-order valence-electron chi connectivity index (χ1n) is 5.63. The molecule has 2 unspecified atom stereocenters. The van der Waals surface area contributed by atoms with Crippen LogP contribution in [0.4, 0.5) is 0 Å². The predicted octanol–water partition coefficient (Wildman–Crippen LogP) is 0.893. The lowest BCUT2D eigenvalue weighted by atomic mass is 9.84. The Morgan fingerprint density at radius 1 is 1.50 bits per heavy atom. The minimum Gasteiger partial charge on any atom is -0.327 e. The van der Waals surface area contributed by atoms with Crippen molar-refractivity contribution in [2.75, 3.05) is 0 Å². The number of hydrogen-bond donors (Lipinski definition) is 1. The Labute approximate surface area is 93.7 Å². The Kier molecular flexibility index (Phi) is 1.97. The molecule has 16 heavy (non-hydrogen) atoms. The molecule has 1 fully saturated rings. The number of rotatable bonds is 1. The molecule has 2 N–H and O–H groups in total. The largest absolute Gasteiger partial charge is 0.327 e. The number of fused-ring (bicyclic) bond motifs is 1. The minimum absolute atomic E-state index is 0.0670. The van der Waals surface area contributed by atoms with Crippen molar-refractivity contribution in [3.63, 3.8) is 0 Å². The molecule has 2 heterocycles. The van der Waals surface area contributed by atoms with Crippen LogP contribution in [0.5, 0.6) is 0 Å². The second-order valence-corrected chi connectivity index (χ2v) is 4.73. The Bertz CT molecular complexity index is 520. The van der Waals surface area contributed by atoms with Gasteiger partial charge in [-0.2, -0.15) is 0 Å². The summed E-state index contributed by atoms with van der Waals surface area (Å²) >= 11 is 0. The van der Waals surface area contributed by atoms with E-state index in [1.807, 2.05) is 16.7 Å². The van der Waals surface area contributed by atoms with E-state index in [0.717, 1.165) is 25.1 Å². The zero-order chi connectivity index (χ0) is 11.2. The first-order valence-corrected chi connectivity index (χ1v) is 5.63. The topological polar surface area (TPSA) is 69.1 Å². The molecule has 1 aliphatic carbocycles. The fourth-order valence-electron chi connectivity index (χ4n) is 2.60. The lowest BCUT2D eigenvalue weighted by Crippen LogP contribution is -2.39. The van der Waals surface area contributed by atoms with Crippen LogP contribution in [0.25, 0.3) is 5.78 Å². The highest BCUT2D eigenvalue weighted by molar-refractivity contribution is 5.30. The standard InChI is InChI=1S/C11H15N5/c1-11(5-2-4-8(11)12)9-14-15-10-13-6-3-7-16(9)10/h3,6-8H,2,4-5,12H2,1H3. The molecule has 3 rings (SSSR count). The van der Waals surface area contributed by atoms with Gasteiger partial charge in [-0.15, -0.1) is 10.2 Å². The maximum atomic E-state index is 6.19. The molecule has 2 atom stereocenters. The van der Waals surface area contributed by atoms with E-state index in [4.69, 9.17) is 5.73 Å². The van der Waals surface area contributed by atoms with Crippen LogP contribution in [0.3, 0.4) is 0 Å². The third-order valence-corrected chi connectivity index (χ3v) is 3.73. The third-order valence-electron chi connectivity index (χ3n) is 3.73. The Morgan fingerprint density at radius 3 is 3.12 bits per heavy atom. The summed E-state index contributed by atoms with van der Waals surface area (Å²) in [6.07, 6.45) is 6.97. The fourth-order valence-corrected chi connectivity index (χ4v) is 2.60. The van der Waals surface area contributed by atoms with Crippen molar-refractivity contribution >= 4 is 5.78 Å². The van der Waals surface area contributed by atoms with E-state index in [1.54, 1.807) is 6.20 Å². The summed E-state index contributed by atoms with van der Waals surface area (Å²) in [6.45, 7) is 2.17. The van der Waals surface area contributed by atoms with Gasteiger partial charge in [0.15, 0.2) is 0 Å². The van der Waals surface area contributed by atoms with Crippen molar-refractivity contribution in [2.24, 2.45) is 5.73 Å². The maximum Gasteiger partial charge on any atom is 0.254 e. The van der Waals surface area contributed by atoms with Gasteiger partial charge in [0, 0.05) is 23.9 Å². The number of hydrogen-bond acceptors (Lipinski definition) is 4. The second-order valence-electron chi connectivity index (χ2n) is 4.73. The van der Waals surface area contributed by atoms with Crippen molar-refractivity contribution in [2.45, 2.75) is 37.6 Å². The number of nitrogens with zero attached hydrogens (tertiary/aromatic N) is 4. The van der Waals surface area contributed by atoms with Crippen molar-refractivity contribution < 1.29 is 0 Å². The van der Waals surface area contributed by atoms with Gasteiger partial charge >= 0.3 is 0 Å². The van der Waals surface area contributed by atoms with Crippen LogP contribution in [0.15, 0.2) is 18.5 Å². The SMILES string of the molecule is CC1(c2nnc3ncccn23)CCCC1N. The number of aromatic nitrogens is 4. The summed E-state index contributed by atoms with van der Waals surface area (Å²) in [6, 6.07) is 2.06. The van der Waals surface area contributed by atoms with E-state index in [-0.39, 0.29) is 11.5 Å². The monoisotopic (exact) mass is 217 g/mol. The van der Waals surface area contributed by atoms with E-state index < -0.39 is 0 Å². The summed E-state index contributed by atoms with van der Waals surface area (Å²) in [5.41, 5.74) is 6.13. The Morgan fingerprint density at radius 2 is 2.38 bits per heavy atom. The molecule has 0 aliphatic heterocycles. The molecule has 0 saturated heterocycles. The number of nitrogens with two attached hydrogens (primary N) is 1. The highest BCUT2D eigenvalue weighted by Gasteiger charge is 2.41. The predicted molar refractivity (Wildman–Crippen MR) is 60.0 cm³/mol. The van der Waals surface area contributed by atoms with Crippen LogP contribution < -0.4 is 5.73 Å². The quantitative estimate of drug-likeness (QED) is 0.770. The summed E-state index contributed by atoms with van der Waals surface area (Å²) in [4.78, 5) is 4.18. The third kappa shape index (κ3) is 1.18. The highest BCUT2D eigenvalue weighted by Crippen LogP contribution is 2.38. The van der Waals surface area contributed by atoms with Gasteiger partial charge in [0.2, 0.25) is 0 Å². The highest BCUT2D eigenvalue weighted by atomic mass is 15.3. The van der Waals surface area contributed by atoms with Gasteiger partial charge in [-0.25, -0.2) is 4.98 Å². The van der Waals surface area contributed by atoms with Gasteiger partial charge in [0.1, 0.15) is 5.82 Å². The van der Waals surface area contributed by atoms with Crippen molar-refractivity contribution in [1.82, 2.24) is 19.6 Å². The van der Waals surface area contributed by atoms with Gasteiger partial charge in [-0.1, -0.05) is 13.3 Å². The van der Waals surface area contributed by atoms with E-state index in [9.17, 15) is 0 Å². The first-order chi connectivity index (χ1) is 7.72. The smallest absolute Gasteiger partial charge is 0.254 e. The summed E-state index contributed by atoms with van der Waals surface area (Å²) in [5, 5.41) is 8.36. The van der Waals surface area contributed by atoms with Crippen LogP contribution in [0.1, 0.15) is 32.0 Å². The molecule has 0 bridgehead atoms. The van der Waals surface area contributed by atoms with Gasteiger partial charge in [-0.05, 0) is 18.9 Å². The van der Waals surface area contributed by atoms with Crippen LogP contribution in [-0.2, 0) is 5.41 Å². The van der Waals surface area contributed by atoms with E-state index >= 15 is 0 Å². The fraction of sp³-hybridized carbons (Fsp3) is 0.545. The van der Waals surface area contributed by atoms with Crippen molar-refractivity contribution in [3.8, 4) is 0 Å². The van der Waals surface area contributed by atoms with Crippen molar-refractivity contribution in [1.29, 1.82) is 0 Å². The molecular weight excluding hydrogens is 202 g/mol. The van der Waals surface area contributed by atoms with Crippen LogP contribution in [0, 0.1) is 0 Å². The molecular formula is C11H15N5. The molecule has 2 aromatic rings. The molecule has 5 nitrogen and oxygen atoms in total. The summed E-state index contributed by atoms with van der Waals surface area (Å²) < 4.78 is 1.95. The Hall–Kier alpha value is -1.49. The van der Waals surface area contributed by atoms with Crippen LogP contribution in [0.2, 0.25) is 0 Å². The molecule has 1 saturated carbocycles. The first kappa shape index (κ1) is 9.72. The maximum absolute atomic E-state index is 6.19. The second kappa shape index (κ2) is 3.25. The van der Waals surface area contributed by atoms with Gasteiger partial charge in [-0.3, -0.25) is 4.40 Å². The molecule has 0 radical (unpaired) electrons. The van der Waals surface area contributed by atoms with Gasteiger partial charge in [0.05, 0.1) is 0 Å². The zero-order valence-electron chi connectivity index (χ0n) is 9.30. The van der Waals surface area contributed by atoms with Gasteiger partial charge < -0.3 is 5.73 Å². The summed E-state index contributed by atoms with van der Waals surface area (Å²) in [7, 11) is 0. The summed E-state index contributed by atoms with van der Waals surface area (Å²) in [5.74, 6) is 1.60. The Balaban J connectivity index is 2.19. The average Bonchev–Trinajstić information content (AvgIpc) is 2.85. The lowest BCUT2D eigenvalue weighted by Gasteiger charge is -2.26. The lowest BCUT2D eigenvalue weighted by molar-refractivity contribution is 0.400. The molecule has 1 aliphatic rings. The van der Waals surface area contributed by atoms with E-state index in [0.29, 0.717) is 5.78 Å². The zero-order valence-corrected chi connectivity index (χ0v) is 9.30. The molecule has 5 heteroatoms. The molecule has 2 aromatic heterocycles. The van der Waals surface area contributed by atoms with E-state index in [2.05, 4.69) is 22.1 Å². The van der Waals surface area contributed by atoms with E-state index in [1.165, 1.54) is 0 Å². The van der Waals surface area contributed by atoms with Crippen LogP contribution >= 0.6 is 0 Å². The normalized spacial score (nSPS) is 30.0. The molecule has 0 amide bonds. The molecule has 0 aromatic carbocycles.